The van der Waals surface area contributed by atoms with Crippen LogP contribution in [0.3, 0.4) is 0 Å². The second kappa shape index (κ2) is 7.37. The van der Waals surface area contributed by atoms with Crippen LogP contribution in [-0.4, -0.2) is 38.9 Å². The molecule has 8 heteroatoms. The number of ether oxygens (including phenoxy) is 1. The molecular formula is C17H18N4O2S2. The maximum Gasteiger partial charge on any atom is 0.214 e. The van der Waals surface area contributed by atoms with E-state index in [0.717, 1.165) is 26.6 Å². The highest BCUT2D eigenvalue weighted by Gasteiger charge is 2.17. The average Bonchev–Trinajstić information content (AvgIpc) is 3.18. The maximum absolute atomic E-state index is 12.5. The first kappa shape index (κ1) is 17.6. The second-order valence-electron chi connectivity index (χ2n) is 5.59. The topological polar surface area (TPSA) is 69.9 Å². The van der Waals surface area contributed by atoms with Crippen LogP contribution in [-0.2, 0) is 0 Å². The minimum Gasteiger partial charge on any atom is -0.494 e. The van der Waals surface area contributed by atoms with Gasteiger partial charge in [-0.1, -0.05) is 17.8 Å². The lowest BCUT2D eigenvalue weighted by molar-refractivity contribution is 0.102. The molecule has 2 heterocycles. The predicted octanol–water partition coefficient (Wildman–Crippen LogP) is 3.63. The summed E-state index contributed by atoms with van der Waals surface area (Å²) in [6.07, 6.45) is 0. The molecule has 1 aromatic carbocycles. The van der Waals surface area contributed by atoms with Gasteiger partial charge in [-0.05, 0) is 55.0 Å². The van der Waals surface area contributed by atoms with Crippen LogP contribution in [0.5, 0.6) is 5.75 Å². The van der Waals surface area contributed by atoms with Crippen molar-refractivity contribution in [2.24, 2.45) is 0 Å². The van der Waals surface area contributed by atoms with Gasteiger partial charge >= 0.3 is 0 Å². The van der Waals surface area contributed by atoms with E-state index in [1.807, 2.05) is 45.0 Å². The van der Waals surface area contributed by atoms with Gasteiger partial charge in [-0.15, -0.1) is 16.4 Å². The normalized spacial score (nSPS) is 10.9. The van der Waals surface area contributed by atoms with Gasteiger partial charge in [0.1, 0.15) is 11.4 Å². The first-order chi connectivity index (χ1) is 12.0. The number of carbonyl (C=O) groups excluding carboxylic acids is 1. The first-order valence-corrected chi connectivity index (χ1v) is 9.46. The number of benzene rings is 1. The van der Waals surface area contributed by atoms with Crippen LogP contribution in [0, 0.1) is 20.8 Å². The summed E-state index contributed by atoms with van der Waals surface area (Å²) >= 11 is 2.96. The Balaban J connectivity index is 1.82. The maximum atomic E-state index is 12.5. The number of Topliss-reactive ketones (excluding diaryl/α,β-unsaturated/α-hetero) is 1. The zero-order valence-corrected chi connectivity index (χ0v) is 16.1. The standard InChI is InChI=1S/C17H18N4O2S2/c1-10-5-6-16(23-4)14(7-10)21-17(18-19-20-21)24-9-15(22)13-8-11(2)25-12(13)3/h5-8H,9H2,1-4H3. The molecule has 0 radical (unpaired) electrons. The molecule has 0 fully saturated rings. The molecule has 0 aliphatic carbocycles. The Morgan fingerprint density at radius 3 is 2.76 bits per heavy atom. The molecule has 0 spiro atoms. The number of thiophene rings is 1. The summed E-state index contributed by atoms with van der Waals surface area (Å²) in [6.45, 7) is 5.97. The lowest BCUT2D eigenvalue weighted by atomic mass is 10.2. The second-order valence-corrected chi connectivity index (χ2v) is 7.99. The van der Waals surface area contributed by atoms with E-state index in [0.29, 0.717) is 10.9 Å². The van der Waals surface area contributed by atoms with Crippen molar-refractivity contribution < 1.29 is 9.53 Å². The Kier molecular flexibility index (Phi) is 5.19. The number of ketones is 1. The third kappa shape index (κ3) is 3.74. The summed E-state index contributed by atoms with van der Waals surface area (Å²) in [5.41, 5.74) is 2.61. The number of nitrogens with zero attached hydrogens (tertiary/aromatic N) is 4. The van der Waals surface area contributed by atoms with Crippen LogP contribution < -0.4 is 4.74 Å². The van der Waals surface area contributed by atoms with Crippen LogP contribution in [0.2, 0.25) is 0 Å². The Hall–Kier alpha value is -2.19. The smallest absolute Gasteiger partial charge is 0.214 e. The highest BCUT2D eigenvalue weighted by atomic mass is 32.2. The molecule has 0 saturated heterocycles. The minimum absolute atomic E-state index is 0.0811. The largest absolute Gasteiger partial charge is 0.494 e. The number of methoxy groups -OCH3 is 1. The van der Waals surface area contributed by atoms with Crippen molar-refractivity contribution in [1.82, 2.24) is 20.2 Å². The third-order valence-electron chi connectivity index (χ3n) is 3.68. The van der Waals surface area contributed by atoms with Gasteiger partial charge in [0.15, 0.2) is 5.78 Å². The van der Waals surface area contributed by atoms with Crippen LogP contribution >= 0.6 is 23.1 Å². The molecule has 0 N–H and O–H groups in total. The molecule has 0 amide bonds. The van der Waals surface area contributed by atoms with Gasteiger partial charge in [0, 0.05) is 15.3 Å². The number of aromatic nitrogens is 4. The highest BCUT2D eigenvalue weighted by molar-refractivity contribution is 7.99. The number of hydrogen-bond donors (Lipinski definition) is 0. The van der Waals surface area contributed by atoms with Crippen molar-refractivity contribution in [2.45, 2.75) is 25.9 Å². The molecular weight excluding hydrogens is 356 g/mol. The summed E-state index contributed by atoms with van der Waals surface area (Å²) in [5, 5.41) is 12.4. The molecule has 0 bridgehead atoms. The van der Waals surface area contributed by atoms with Gasteiger partial charge in [0.2, 0.25) is 5.16 Å². The van der Waals surface area contributed by atoms with E-state index in [4.69, 9.17) is 4.74 Å². The average molecular weight is 374 g/mol. The number of thioether (sulfide) groups is 1. The van der Waals surface area contributed by atoms with E-state index >= 15 is 0 Å². The third-order valence-corrected chi connectivity index (χ3v) is 5.56. The molecule has 130 valence electrons. The van der Waals surface area contributed by atoms with Crippen LogP contribution in [0.25, 0.3) is 5.69 Å². The van der Waals surface area contributed by atoms with Crippen molar-refractivity contribution in [3.8, 4) is 11.4 Å². The number of carbonyl (C=O) groups is 1. The van der Waals surface area contributed by atoms with Crippen molar-refractivity contribution in [3.05, 3.63) is 45.1 Å². The molecule has 0 aliphatic rings. The fourth-order valence-electron chi connectivity index (χ4n) is 2.50. The summed E-state index contributed by atoms with van der Waals surface area (Å²) in [6, 6.07) is 7.73. The van der Waals surface area contributed by atoms with E-state index < -0.39 is 0 Å². The van der Waals surface area contributed by atoms with E-state index in [2.05, 4.69) is 15.5 Å². The highest BCUT2D eigenvalue weighted by Crippen LogP contribution is 2.28. The number of rotatable bonds is 6. The molecule has 0 atom stereocenters. The van der Waals surface area contributed by atoms with Crippen LogP contribution in [0.1, 0.15) is 25.7 Å². The van der Waals surface area contributed by atoms with Crippen LogP contribution in [0.15, 0.2) is 29.4 Å². The zero-order valence-electron chi connectivity index (χ0n) is 14.4. The van der Waals surface area contributed by atoms with E-state index in [1.165, 1.54) is 11.8 Å². The molecule has 6 nitrogen and oxygen atoms in total. The Morgan fingerprint density at radius 1 is 1.28 bits per heavy atom. The van der Waals surface area contributed by atoms with Gasteiger partial charge in [-0.25, -0.2) is 0 Å². The molecule has 0 unspecified atom stereocenters. The van der Waals surface area contributed by atoms with E-state index in [-0.39, 0.29) is 11.5 Å². The van der Waals surface area contributed by atoms with E-state index in [1.54, 1.807) is 23.1 Å². The predicted molar refractivity (Wildman–Crippen MR) is 99.3 cm³/mol. The van der Waals surface area contributed by atoms with Gasteiger partial charge < -0.3 is 4.74 Å². The number of hydrogen-bond acceptors (Lipinski definition) is 7. The SMILES string of the molecule is COc1ccc(C)cc1-n1nnnc1SCC(=O)c1cc(C)sc1C. The first-order valence-electron chi connectivity index (χ1n) is 7.66. The lowest BCUT2D eigenvalue weighted by Crippen LogP contribution is -2.06. The van der Waals surface area contributed by atoms with Crippen molar-refractivity contribution in [1.29, 1.82) is 0 Å². The lowest BCUT2D eigenvalue weighted by Gasteiger charge is -2.10. The molecule has 0 saturated carbocycles. The molecule has 25 heavy (non-hydrogen) atoms. The Labute approximate surface area is 154 Å². The van der Waals surface area contributed by atoms with Crippen LogP contribution in [0.4, 0.5) is 0 Å². The number of aryl methyl sites for hydroxylation is 3. The van der Waals surface area contributed by atoms with Crippen molar-refractivity contribution >= 4 is 28.9 Å². The monoisotopic (exact) mass is 374 g/mol. The fraction of sp³-hybridized carbons (Fsp3) is 0.294. The fourth-order valence-corrected chi connectivity index (χ4v) is 4.21. The van der Waals surface area contributed by atoms with Crippen molar-refractivity contribution in [3.63, 3.8) is 0 Å². The van der Waals surface area contributed by atoms with Gasteiger partial charge in [-0.3, -0.25) is 4.79 Å². The summed E-state index contributed by atoms with van der Waals surface area (Å²) in [5.74, 6) is 1.04. The Bertz CT molecular complexity index is 917. The quantitative estimate of drug-likeness (QED) is 0.485. The Morgan fingerprint density at radius 2 is 2.08 bits per heavy atom. The molecule has 0 aliphatic heterocycles. The minimum atomic E-state index is 0.0811. The van der Waals surface area contributed by atoms with E-state index in [9.17, 15) is 4.79 Å². The van der Waals surface area contributed by atoms with Gasteiger partial charge in [-0.2, -0.15) is 4.68 Å². The summed E-state index contributed by atoms with van der Waals surface area (Å²) < 4.78 is 7.01. The molecule has 3 aromatic rings. The van der Waals surface area contributed by atoms with Gasteiger partial charge in [0.05, 0.1) is 12.9 Å². The zero-order chi connectivity index (χ0) is 18.0. The van der Waals surface area contributed by atoms with Gasteiger partial charge in [0.25, 0.3) is 0 Å². The summed E-state index contributed by atoms with van der Waals surface area (Å²) in [4.78, 5) is 14.7. The summed E-state index contributed by atoms with van der Waals surface area (Å²) in [7, 11) is 1.61. The molecule has 3 rings (SSSR count). The number of tetrazole rings is 1. The van der Waals surface area contributed by atoms with Crippen molar-refractivity contribution in [2.75, 3.05) is 12.9 Å². The molecule has 2 aromatic heterocycles.